The van der Waals surface area contributed by atoms with Gasteiger partial charge in [-0.25, -0.2) is 8.42 Å². The molecule has 0 radical (unpaired) electrons. The van der Waals surface area contributed by atoms with Crippen molar-refractivity contribution in [2.75, 3.05) is 22.7 Å². The van der Waals surface area contributed by atoms with E-state index in [2.05, 4.69) is 9.62 Å². The van der Waals surface area contributed by atoms with E-state index in [4.69, 9.17) is 28.9 Å². The summed E-state index contributed by atoms with van der Waals surface area (Å²) >= 11 is 12.1. The van der Waals surface area contributed by atoms with Crippen LogP contribution in [-0.4, -0.2) is 27.4 Å². The number of piperidine rings is 1. The Morgan fingerprint density at radius 3 is 2.32 bits per heavy atom. The van der Waals surface area contributed by atoms with Crippen molar-refractivity contribution < 1.29 is 13.2 Å². The summed E-state index contributed by atoms with van der Waals surface area (Å²) in [6.07, 6.45) is 3.35. The smallest absolute Gasteiger partial charge is 0.250 e. The van der Waals surface area contributed by atoms with E-state index in [1.54, 1.807) is 36.4 Å². The fourth-order valence-corrected chi connectivity index (χ4v) is 5.20. The molecule has 0 spiro atoms. The summed E-state index contributed by atoms with van der Waals surface area (Å²) in [7, 11) is -3.87. The minimum atomic E-state index is -3.87. The summed E-state index contributed by atoms with van der Waals surface area (Å²) in [5.41, 5.74) is 6.90. The highest BCUT2D eigenvalue weighted by molar-refractivity contribution is 7.91. The number of benzene rings is 2. The molecule has 0 unspecified atom stereocenters. The second-order valence-electron chi connectivity index (χ2n) is 6.70. The van der Waals surface area contributed by atoms with E-state index in [1.165, 1.54) is 6.42 Å². The van der Waals surface area contributed by atoms with Crippen molar-refractivity contribution in [3.05, 3.63) is 57.6 Å². The summed E-state index contributed by atoms with van der Waals surface area (Å²) in [5, 5.41) is 0.516. The molecule has 0 atom stereocenters. The van der Waals surface area contributed by atoms with Gasteiger partial charge in [0.05, 0.1) is 17.0 Å². The van der Waals surface area contributed by atoms with Crippen molar-refractivity contribution in [3.8, 4) is 0 Å². The molecule has 6 nitrogen and oxygen atoms in total. The third kappa shape index (κ3) is 4.90. The number of hydrogen-bond acceptors (Lipinski definition) is 4. The molecule has 0 aliphatic carbocycles. The monoisotopic (exact) mass is 441 g/mol. The predicted octanol–water partition coefficient (Wildman–Crippen LogP) is 4.02. The van der Waals surface area contributed by atoms with Crippen molar-refractivity contribution in [3.63, 3.8) is 0 Å². The third-order valence-corrected chi connectivity index (χ3v) is 6.56. The Hall–Kier alpha value is -1.96. The zero-order valence-corrected chi connectivity index (χ0v) is 17.4. The molecule has 150 valence electrons. The number of nitrogens with two attached hydrogens (primary N) is 1. The minimum Gasteiger partial charge on any atom is -0.372 e. The first-order valence-electron chi connectivity index (χ1n) is 8.89. The third-order valence-electron chi connectivity index (χ3n) is 4.65. The minimum absolute atomic E-state index is 0.122. The molecule has 0 saturated carbocycles. The SMILES string of the molecule is NC(=O)c1cc(N2CCCCC2)ccc1NS(=O)(=O)Cc1c(Cl)cccc1Cl. The van der Waals surface area contributed by atoms with E-state index in [0.717, 1.165) is 31.6 Å². The molecule has 1 amide bonds. The quantitative estimate of drug-likeness (QED) is 0.707. The molecule has 1 heterocycles. The highest BCUT2D eigenvalue weighted by Crippen LogP contribution is 2.29. The molecule has 9 heteroatoms. The number of rotatable bonds is 6. The van der Waals surface area contributed by atoms with E-state index in [1.807, 2.05) is 0 Å². The van der Waals surface area contributed by atoms with Crippen molar-refractivity contribution in [1.82, 2.24) is 0 Å². The zero-order chi connectivity index (χ0) is 20.3. The van der Waals surface area contributed by atoms with Crippen LogP contribution in [0, 0.1) is 0 Å². The molecule has 1 fully saturated rings. The molecule has 2 aromatic carbocycles. The van der Waals surface area contributed by atoms with E-state index in [0.29, 0.717) is 5.56 Å². The van der Waals surface area contributed by atoms with Crippen LogP contribution in [0.5, 0.6) is 0 Å². The number of primary amides is 1. The second-order valence-corrected chi connectivity index (χ2v) is 9.24. The van der Waals surface area contributed by atoms with Crippen LogP contribution in [0.3, 0.4) is 0 Å². The lowest BCUT2D eigenvalue weighted by atomic mass is 10.1. The average Bonchev–Trinajstić information content (AvgIpc) is 2.65. The van der Waals surface area contributed by atoms with Gasteiger partial charge in [0.1, 0.15) is 0 Å². The molecule has 28 heavy (non-hydrogen) atoms. The zero-order valence-electron chi connectivity index (χ0n) is 15.1. The summed E-state index contributed by atoms with van der Waals surface area (Å²) in [6.45, 7) is 1.79. The number of hydrogen-bond donors (Lipinski definition) is 2. The van der Waals surface area contributed by atoms with Crippen LogP contribution in [-0.2, 0) is 15.8 Å². The predicted molar refractivity (Wildman–Crippen MR) is 114 cm³/mol. The molecular weight excluding hydrogens is 421 g/mol. The lowest BCUT2D eigenvalue weighted by Gasteiger charge is -2.29. The van der Waals surface area contributed by atoms with Gasteiger partial charge in [0.15, 0.2) is 0 Å². The Bertz CT molecular complexity index is 970. The van der Waals surface area contributed by atoms with E-state index < -0.39 is 21.7 Å². The molecule has 0 aromatic heterocycles. The van der Waals surface area contributed by atoms with Gasteiger partial charge < -0.3 is 10.6 Å². The van der Waals surface area contributed by atoms with Gasteiger partial charge in [-0.1, -0.05) is 29.3 Å². The van der Waals surface area contributed by atoms with Crippen LogP contribution in [0.2, 0.25) is 10.0 Å². The molecular formula is C19H21Cl2N3O3S. The largest absolute Gasteiger partial charge is 0.372 e. The standard InChI is InChI=1S/C19H21Cl2N3O3S/c20-16-5-4-6-17(21)15(16)12-28(26,27)23-18-8-7-13(11-14(18)19(22)25)24-9-2-1-3-10-24/h4-8,11,23H,1-3,9-10,12H2,(H2,22,25). The number of carbonyl (C=O) groups excluding carboxylic acids is 1. The van der Waals surface area contributed by atoms with Gasteiger partial charge in [-0.15, -0.1) is 0 Å². The van der Waals surface area contributed by atoms with Crippen molar-refractivity contribution in [2.45, 2.75) is 25.0 Å². The van der Waals surface area contributed by atoms with Crippen molar-refractivity contribution in [2.24, 2.45) is 5.73 Å². The lowest BCUT2D eigenvalue weighted by Crippen LogP contribution is -2.30. The fourth-order valence-electron chi connectivity index (χ4n) is 3.24. The molecule has 1 aliphatic heterocycles. The van der Waals surface area contributed by atoms with Gasteiger partial charge in [0.25, 0.3) is 5.91 Å². The highest BCUT2D eigenvalue weighted by atomic mass is 35.5. The Morgan fingerprint density at radius 1 is 1.07 bits per heavy atom. The normalized spacial score (nSPS) is 14.7. The Kier molecular flexibility index (Phi) is 6.37. The van der Waals surface area contributed by atoms with Crippen LogP contribution in [0.15, 0.2) is 36.4 Å². The summed E-state index contributed by atoms with van der Waals surface area (Å²) < 4.78 is 27.7. The molecule has 2 aromatic rings. The van der Waals surface area contributed by atoms with Crippen molar-refractivity contribution >= 4 is 50.5 Å². The average molecular weight is 442 g/mol. The Balaban J connectivity index is 1.87. The first-order chi connectivity index (χ1) is 13.3. The van der Waals surface area contributed by atoms with E-state index in [-0.39, 0.29) is 21.3 Å². The maximum atomic E-state index is 12.6. The number of halogens is 2. The van der Waals surface area contributed by atoms with Crippen LogP contribution in [0.1, 0.15) is 35.2 Å². The van der Waals surface area contributed by atoms with Crippen LogP contribution >= 0.6 is 23.2 Å². The van der Waals surface area contributed by atoms with Gasteiger partial charge in [-0.3, -0.25) is 9.52 Å². The number of amides is 1. The fraction of sp³-hybridized carbons (Fsp3) is 0.316. The van der Waals surface area contributed by atoms with Gasteiger partial charge in [0.2, 0.25) is 10.0 Å². The topological polar surface area (TPSA) is 92.5 Å². The van der Waals surface area contributed by atoms with Crippen LogP contribution in [0.25, 0.3) is 0 Å². The van der Waals surface area contributed by atoms with Gasteiger partial charge in [0, 0.05) is 34.4 Å². The summed E-state index contributed by atoms with van der Waals surface area (Å²) in [6, 6.07) is 9.77. The summed E-state index contributed by atoms with van der Waals surface area (Å²) in [5.74, 6) is -1.12. The molecule has 1 aliphatic rings. The second kappa shape index (κ2) is 8.59. The number of sulfonamides is 1. The lowest BCUT2D eigenvalue weighted by molar-refractivity contribution is 0.100. The molecule has 3 rings (SSSR count). The van der Waals surface area contributed by atoms with E-state index >= 15 is 0 Å². The Morgan fingerprint density at radius 2 is 1.71 bits per heavy atom. The number of carbonyl (C=O) groups is 1. The molecule has 1 saturated heterocycles. The maximum Gasteiger partial charge on any atom is 0.250 e. The van der Waals surface area contributed by atoms with Crippen molar-refractivity contribution in [1.29, 1.82) is 0 Å². The molecule has 0 bridgehead atoms. The number of anilines is 2. The van der Waals surface area contributed by atoms with Crippen LogP contribution in [0.4, 0.5) is 11.4 Å². The Labute approximate surface area is 174 Å². The maximum absolute atomic E-state index is 12.6. The first kappa shape index (κ1) is 20.8. The first-order valence-corrected chi connectivity index (χ1v) is 11.3. The highest BCUT2D eigenvalue weighted by Gasteiger charge is 2.21. The van der Waals surface area contributed by atoms with Gasteiger partial charge >= 0.3 is 0 Å². The molecule has 3 N–H and O–H groups in total. The van der Waals surface area contributed by atoms with Crippen LogP contribution < -0.4 is 15.4 Å². The van der Waals surface area contributed by atoms with Gasteiger partial charge in [-0.05, 0) is 49.6 Å². The number of nitrogens with one attached hydrogen (secondary N) is 1. The summed E-state index contributed by atoms with van der Waals surface area (Å²) in [4.78, 5) is 14.1. The number of nitrogens with zero attached hydrogens (tertiary/aromatic N) is 1. The van der Waals surface area contributed by atoms with Gasteiger partial charge in [-0.2, -0.15) is 0 Å². The van der Waals surface area contributed by atoms with E-state index in [9.17, 15) is 13.2 Å².